The number of carbonyl (C=O) groups is 10. The SMILES string of the molecule is CC(C)[C@H](NC(=O)CNC(=O)CNC(=O)[C@@H]1CCCN1C(=O)[C@H](CCC(N)=O)NC(=O)[C@H](CO)NC(=O)[C@@H]1CCCN1C(=O)[C@@H](N)CCC(N)=O)C(=O)O. The Morgan fingerprint density at radius 3 is 1.78 bits per heavy atom. The minimum Gasteiger partial charge on any atom is -0.480 e. The van der Waals surface area contributed by atoms with E-state index in [1.165, 1.54) is 4.90 Å². The molecule has 2 heterocycles. The quantitative estimate of drug-likeness (QED) is 0.0521. The number of primary amides is 2. The molecule has 54 heavy (non-hydrogen) atoms. The van der Waals surface area contributed by atoms with Crippen LogP contribution in [0.1, 0.15) is 65.2 Å². The molecule has 0 spiro atoms. The summed E-state index contributed by atoms with van der Waals surface area (Å²) in [6.45, 7) is 1.39. The number of likely N-dealkylation sites (tertiary alicyclic amines) is 2. The van der Waals surface area contributed by atoms with Crippen molar-refractivity contribution in [2.75, 3.05) is 32.8 Å². The molecule has 2 aliphatic heterocycles. The number of nitrogens with two attached hydrogens (primary N) is 3. The van der Waals surface area contributed by atoms with Crippen LogP contribution in [0.5, 0.6) is 0 Å². The molecule has 22 heteroatoms. The third kappa shape index (κ3) is 13.5. The number of rotatable bonds is 21. The maximum absolute atomic E-state index is 13.7. The summed E-state index contributed by atoms with van der Waals surface area (Å²) in [5.41, 5.74) is 16.3. The van der Waals surface area contributed by atoms with Crippen molar-refractivity contribution in [3.8, 4) is 0 Å². The number of carbonyl (C=O) groups excluding carboxylic acids is 9. The predicted molar refractivity (Wildman–Crippen MR) is 186 cm³/mol. The van der Waals surface area contributed by atoms with Crippen molar-refractivity contribution in [2.24, 2.45) is 23.1 Å². The summed E-state index contributed by atoms with van der Waals surface area (Å²) in [6.07, 6.45) is 0.381. The van der Waals surface area contributed by atoms with Gasteiger partial charge in [-0.2, -0.15) is 0 Å². The Hall–Kier alpha value is -5.38. The highest BCUT2D eigenvalue weighted by molar-refractivity contribution is 5.97. The van der Waals surface area contributed by atoms with E-state index in [1.54, 1.807) is 13.8 Å². The van der Waals surface area contributed by atoms with Crippen molar-refractivity contribution in [2.45, 2.75) is 101 Å². The van der Waals surface area contributed by atoms with Gasteiger partial charge in [-0.1, -0.05) is 13.8 Å². The van der Waals surface area contributed by atoms with E-state index in [4.69, 9.17) is 17.2 Å². The Kier molecular flexibility index (Phi) is 17.7. The largest absolute Gasteiger partial charge is 0.480 e. The van der Waals surface area contributed by atoms with E-state index < -0.39 is 121 Å². The molecule has 13 N–H and O–H groups in total. The van der Waals surface area contributed by atoms with E-state index in [2.05, 4.69) is 26.6 Å². The van der Waals surface area contributed by atoms with Crippen LogP contribution in [0.2, 0.25) is 0 Å². The first kappa shape index (κ1) is 44.8. The van der Waals surface area contributed by atoms with Gasteiger partial charge in [-0.25, -0.2) is 4.79 Å². The fraction of sp³-hybridized carbons (Fsp3) is 0.688. The average molecular weight is 769 g/mol. The van der Waals surface area contributed by atoms with Crippen LogP contribution in [0, 0.1) is 5.92 Å². The molecule has 0 saturated carbocycles. The molecule has 9 amide bonds. The third-order valence-electron chi connectivity index (χ3n) is 8.92. The molecule has 0 bridgehead atoms. The number of amides is 9. The van der Waals surface area contributed by atoms with Crippen LogP contribution >= 0.6 is 0 Å². The molecule has 2 rings (SSSR count). The summed E-state index contributed by atoms with van der Waals surface area (Å²) in [6, 6.07) is -7.42. The van der Waals surface area contributed by atoms with Gasteiger partial charge < -0.3 is 63.8 Å². The molecule has 2 saturated heterocycles. The van der Waals surface area contributed by atoms with Crippen LogP contribution in [-0.2, 0) is 47.9 Å². The van der Waals surface area contributed by atoms with Gasteiger partial charge in [0.15, 0.2) is 0 Å². The van der Waals surface area contributed by atoms with Crippen LogP contribution < -0.4 is 43.8 Å². The Balaban J connectivity index is 2.04. The first-order valence-corrected chi connectivity index (χ1v) is 17.6. The number of hydrogen-bond acceptors (Lipinski definition) is 12. The van der Waals surface area contributed by atoms with Crippen molar-refractivity contribution in [3.63, 3.8) is 0 Å². The molecule has 0 aromatic heterocycles. The summed E-state index contributed by atoms with van der Waals surface area (Å²) < 4.78 is 0. The molecular formula is C32H52N10O12. The maximum Gasteiger partial charge on any atom is 0.326 e. The number of nitrogens with one attached hydrogen (secondary N) is 5. The summed E-state index contributed by atoms with van der Waals surface area (Å²) in [4.78, 5) is 127. The molecule has 22 nitrogen and oxygen atoms in total. The first-order valence-electron chi connectivity index (χ1n) is 17.6. The second-order valence-corrected chi connectivity index (χ2v) is 13.4. The van der Waals surface area contributed by atoms with Crippen LogP contribution in [-0.4, -0.2) is 148 Å². The Morgan fingerprint density at radius 2 is 1.24 bits per heavy atom. The first-order chi connectivity index (χ1) is 25.4. The van der Waals surface area contributed by atoms with Crippen molar-refractivity contribution < 1.29 is 58.2 Å². The average Bonchev–Trinajstić information content (AvgIpc) is 3.81. The van der Waals surface area contributed by atoms with Crippen LogP contribution in [0.25, 0.3) is 0 Å². The van der Waals surface area contributed by atoms with E-state index in [-0.39, 0.29) is 51.6 Å². The zero-order chi connectivity index (χ0) is 40.7. The number of aliphatic hydroxyl groups excluding tert-OH is 1. The zero-order valence-corrected chi connectivity index (χ0v) is 30.3. The summed E-state index contributed by atoms with van der Waals surface area (Å²) in [5, 5.41) is 30.9. The van der Waals surface area contributed by atoms with Gasteiger partial charge in [0, 0.05) is 25.9 Å². The van der Waals surface area contributed by atoms with Gasteiger partial charge in [-0.3, -0.25) is 43.2 Å². The highest BCUT2D eigenvalue weighted by atomic mass is 16.4. The number of aliphatic hydroxyl groups is 1. The second kappa shape index (κ2) is 21.4. The highest BCUT2D eigenvalue weighted by Gasteiger charge is 2.40. The van der Waals surface area contributed by atoms with Gasteiger partial charge >= 0.3 is 5.97 Å². The van der Waals surface area contributed by atoms with E-state index in [0.29, 0.717) is 12.8 Å². The number of carboxylic acids is 1. The monoisotopic (exact) mass is 768 g/mol. The number of carboxylic acid groups (broad SMARTS) is 1. The molecule has 6 atom stereocenters. The molecule has 0 aliphatic carbocycles. The lowest BCUT2D eigenvalue weighted by Crippen LogP contribution is -2.59. The molecule has 0 unspecified atom stereocenters. The smallest absolute Gasteiger partial charge is 0.326 e. The molecule has 2 fully saturated rings. The Labute approximate surface area is 311 Å². The lowest BCUT2D eigenvalue weighted by molar-refractivity contribution is -0.143. The number of nitrogens with zero attached hydrogens (tertiary/aromatic N) is 2. The molecule has 0 aromatic rings. The van der Waals surface area contributed by atoms with Gasteiger partial charge in [-0.05, 0) is 44.4 Å². The molecule has 0 aromatic carbocycles. The van der Waals surface area contributed by atoms with Gasteiger partial charge in [0.25, 0.3) is 0 Å². The minimum absolute atomic E-state index is 0.0348. The molecule has 0 radical (unpaired) electrons. The molecular weight excluding hydrogens is 716 g/mol. The highest BCUT2D eigenvalue weighted by Crippen LogP contribution is 2.21. The van der Waals surface area contributed by atoms with Gasteiger partial charge in [0.1, 0.15) is 30.2 Å². The van der Waals surface area contributed by atoms with E-state index in [1.807, 2.05) is 0 Å². The van der Waals surface area contributed by atoms with Crippen molar-refractivity contribution in [1.82, 2.24) is 36.4 Å². The topological polar surface area (TPSA) is 356 Å². The molecule has 302 valence electrons. The summed E-state index contributed by atoms with van der Waals surface area (Å²) in [5.74, 6) is -8.53. The normalized spacial score (nSPS) is 18.8. The van der Waals surface area contributed by atoms with Gasteiger partial charge in [-0.15, -0.1) is 0 Å². The number of aliphatic carboxylic acids is 1. The lowest BCUT2D eigenvalue weighted by Gasteiger charge is -2.30. The van der Waals surface area contributed by atoms with Crippen LogP contribution in [0.4, 0.5) is 0 Å². The zero-order valence-electron chi connectivity index (χ0n) is 30.3. The lowest BCUT2D eigenvalue weighted by atomic mass is 10.1. The Bertz CT molecular complexity index is 1440. The van der Waals surface area contributed by atoms with Crippen molar-refractivity contribution >= 4 is 59.1 Å². The van der Waals surface area contributed by atoms with Gasteiger partial charge in [0.05, 0.1) is 25.7 Å². The third-order valence-corrected chi connectivity index (χ3v) is 8.92. The molecule has 2 aliphatic rings. The summed E-state index contributed by atoms with van der Waals surface area (Å²) in [7, 11) is 0. The fourth-order valence-electron chi connectivity index (χ4n) is 5.98. The van der Waals surface area contributed by atoms with E-state index in [0.717, 1.165) is 4.90 Å². The van der Waals surface area contributed by atoms with Crippen molar-refractivity contribution in [3.05, 3.63) is 0 Å². The van der Waals surface area contributed by atoms with Crippen LogP contribution in [0.15, 0.2) is 0 Å². The second-order valence-electron chi connectivity index (χ2n) is 13.4. The Morgan fingerprint density at radius 1 is 0.704 bits per heavy atom. The van der Waals surface area contributed by atoms with Crippen molar-refractivity contribution in [1.29, 1.82) is 0 Å². The van der Waals surface area contributed by atoms with Crippen LogP contribution in [0.3, 0.4) is 0 Å². The summed E-state index contributed by atoms with van der Waals surface area (Å²) >= 11 is 0. The van der Waals surface area contributed by atoms with E-state index >= 15 is 0 Å². The minimum atomic E-state index is -1.60. The van der Waals surface area contributed by atoms with Gasteiger partial charge in [0.2, 0.25) is 53.2 Å². The maximum atomic E-state index is 13.7. The van der Waals surface area contributed by atoms with E-state index in [9.17, 15) is 58.2 Å². The predicted octanol–water partition coefficient (Wildman–Crippen LogP) is -5.75. The fourth-order valence-corrected chi connectivity index (χ4v) is 5.98. The standard InChI is InChI=1S/C32H52N10O12/c1-16(2)26(32(53)54)40-25(47)14-36-24(46)13-37-28(49)20-5-3-12-42(20)31(52)18(8-10-23(35)45)38-27(48)19(15-43)39-29(50)21-6-4-11-41(21)30(51)17(33)7-9-22(34)44/h16-21,26,43H,3-15,33H2,1-2H3,(H2,34,44)(H2,35,45)(H,36,46)(H,37,49)(H,38,48)(H,39,50)(H,40,47)(H,53,54)/t17-,18-,19-,20-,21-,26-/m0/s1. The number of hydrogen-bond donors (Lipinski definition) is 10.